The monoisotopic (exact) mass is 320 g/mol. The lowest BCUT2D eigenvalue weighted by molar-refractivity contribution is 0.0697. The van der Waals surface area contributed by atoms with Crippen LogP contribution in [0.3, 0.4) is 0 Å². The van der Waals surface area contributed by atoms with Gasteiger partial charge in [0.15, 0.2) is 0 Å². The minimum absolute atomic E-state index is 0.0622. The molecular formula is C14H12N2O5S. The van der Waals surface area contributed by atoms with Crippen molar-refractivity contribution in [2.75, 3.05) is 0 Å². The van der Waals surface area contributed by atoms with Gasteiger partial charge in [0.2, 0.25) is 0 Å². The number of nitrogens with zero attached hydrogens (tertiary/aromatic N) is 2. The van der Waals surface area contributed by atoms with Gasteiger partial charge in [-0.2, -0.15) is 18.6 Å². The summed E-state index contributed by atoms with van der Waals surface area (Å²) >= 11 is 0. The van der Waals surface area contributed by atoms with E-state index in [1.165, 1.54) is 36.4 Å². The van der Waals surface area contributed by atoms with E-state index in [9.17, 15) is 13.2 Å². The molecule has 0 aliphatic rings. The molecule has 0 saturated carbocycles. The van der Waals surface area contributed by atoms with Crippen LogP contribution >= 0.6 is 0 Å². The number of carboxylic acids is 1. The maximum absolute atomic E-state index is 11.2. The molecule has 22 heavy (non-hydrogen) atoms. The zero-order chi connectivity index (χ0) is 16.2. The van der Waals surface area contributed by atoms with Crippen LogP contribution in [0, 0.1) is 0 Å². The molecule has 0 fully saturated rings. The first-order valence-electron chi connectivity index (χ1n) is 6.14. The molecule has 0 bridgehead atoms. The van der Waals surface area contributed by atoms with Gasteiger partial charge >= 0.3 is 5.97 Å². The largest absolute Gasteiger partial charge is 0.478 e. The van der Waals surface area contributed by atoms with Gasteiger partial charge in [-0.1, -0.05) is 24.3 Å². The summed E-state index contributed by atoms with van der Waals surface area (Å²) in [6.07, 6.45) is 0. The van der Waals surface area contributed by atoms with E-state index in [0.29, 0.717) is 11.3 Å². The van der Waals surface area contributed by atoms with Crippen LogP contribution in [0.5, 0.6) is 0 Å². The molecule has 0 aliphatic carbocycles. The van der Waals surface area contributed by atoms with Gasteiger partial charge in [0, 0.05) is 0 Å². The first-order valence-corrected chi connectivity index (χ1v) is 7.58. The number of carboxylic acid groups (broad SMARTS) is 1. The summed E-state index contributed by atoms with van der Waals surface area (Å²) in [5, 5.41) is 16.6. The van der Waals surface area contributed by atoms with Crippen LogP contribution in [0.4, 0.5) is 5.69 Å². The second-order valence-electron chi connectivity index (χ2n) is 4.34. The Morgan fingerprint density at radius 2 is 1.82 bits per heavy atom. The second-order valence-corrected chi connectivity index (χ2v) is 5.73. The van der Waals surface area contributed by atoms with Crippen LogP contribution in [0.15, 0.2) is 63.7 Å². The first-order chi connectivity index (χ1) is 10.4. The lowest BCUT2D eigenvalue weighted by Gasteiger charge is -2.03. The fourth-order valence-corrected chi connectivity index (χ4v) is 2.49. The molecule has 2 rings (SSSR count). The standard InChI is InChI=1S/C14H12N2O5S/c17-14(18)10-5-3-6-12(8-10)16-15-9-11-4-1-2-7-13(11)22(19,20)21/h1-8H,9H2,(H,17,18)(H,19,20,21). The highest BCUT2D eigenvalue weighted by atomic mass is 32.2. The molecule has 2 aromatic carbocycles. The third-order valence-corrected chi connectivity index (χ3v) is 3.72. The Bertz CT molecular complexity index is 831. The maximum atomic E-state index is 11.2. The van der Waals surface area contributed by atoms with Gasteiger partial charge < -0.3 is 5.11 Å². The van der Waals surface area contributed by atoms with Gasteiger partial charge in [-0.05, 0) is 29.8 Å². The Balaban J connectivity index is 2.20. The Labute approximate surface area is 126 Å². The molecule has 0 spiro atoms. The smallest absolute Gasteiger partial charge is 0.335 e. The highest BCUT2D eigenvalue weighted by Gasteiger charge is 2.13. The summed E-state index contributed by atoms with van der Waals surface area (Å²) < 4.78 is 31.6. The Kier molecular flexibility index (Phi) is 4.64. The summed E-state index contributed by atoms with van der Waals surface area (Å²) in [4.78, 5) is 10.6. The van der Waals surface area contributed by atoms with Crippen LogP contribution < -0.4 is 0 Å². The molecule has 0 unspecified atom stereocenters. The zero-order valence-electron chi connectivity index (χ0n) is 11.2. The molecule has 0 radical (unpaired) electrons. The topological polar surface area (TPSA) is 116 Å². The number of aromatic carboxylic acids is 1. The molecule has 0 saturated heterocycles. The van der Waals surface area contributed by atoms with Gasteiger partial charge in [-0.3, -0.25) is 4.55 Å². The number of carbonyl (C=O) groups is 1. The third-order valence-electron chi connectivity index (χ3n) is 2.77. The van der Waals surface area contributed by atoms with Crippen LogP contribution in [-0.4, -0.2) is 24.0 Å². The van der Waals surface area contributed by atoms with Crippen LogP contribution in [0.2, 0.25) is 0 Å². The molecule has 114 valence electrons. The second kappa shape index (κ2) is 6.46. The van der Waals surface area contributed by atoms with Gasteiger partial charge in [0.25, 0.3) is 10.1 Å². The zero-order valence-corrected chi connectivity index (χ0v) is 12.1. The third kappa shape index (κ3) is 3.96. The van der Waals surface area contributed by atoms with Crippen molar-refractivity contribution in [1.29, 1.82) is 0 Å². The molecule has 0 amide bonds. The Hall–Kier alpha value is -2.58. The van der Waals surface area contributed by atoms with E-state index in [1.54, 1.807) is 12.1 Å². The predicted molar refractivity (Wildman–Crippen MR) is 77.9 cm³/mol. The van der Waals surface area contributed by atoms with E-state index >= 15 is 0 Å². The summed E-state index contributed by atoms with van der Waals surface area (Å²) in [5.41, 5.74) is 0.710. The van der Waals surface area contributed by atoms with Crippen molar-refractivity contribution >= 4 is 21.8 Å². The summed E-state index contributed by atoms with van der Waals surface area (Å²) in [6.45, 7) is -0.0622. The van der Waals surface area contributed by atoms with Gasteiger partial charge in [-0.15, -0.1) is 0 Å². The number of hydrogen-bond donors (Lipinski definition) is 2. The van der Waals surface area contributed by atoms with E-state index in [2.05, 4.69) is 10.2 Å². The lowest BCUT2D eigenvalue weighted by atomic mass is 10.2. The molecule has 2 aromatic rings. The highest BCUT2D eigenvalue weighted by Crippen LogP contribution is 2.18. The fourth-order valence-electron chi connectivity index (χ4n) is 1.78. The first kappa shape index (κ1) is 15.8. The van der Waals surface area contributed by atoms with Gasteiger partial charge in [-0.25, -0.2) is 4.79 Å². The highest BCUT2D eigenvalue weighted by molar-refractivity contribution is 7.85. The van der Waals surface area contributed by atoms with Crippen LogP contribution in [0.1, 0.15) is 15.9 Å². The van der Waals surface area contributed by atoms with E-state index in [1.807, 2.05) is 0 Å². The minimum Gasteiger partial charge on any atom is -0.478 e. The number of rotatable bonds is 5. The van der Waals surface area contributed by atoms with E-state index in [4.69, 9.17) is 9.66 Å². The van der Waals surface area contributed by atoms with E-state index in [-0.39, 0.29) is 17.0 Å². The number of hydrogen-bond acceptors (Lipinski definition) is 5. The maximum Gasteiger partial charge on any atom is 0.335 e. The van der Waals surface area contributed by atoms with Crippen molar-refractivity contribution in [3.63, 3.8) is 0 Å². The lowest BCUT2D eigenvalue weighted by Crippen LogP contribution is -2.02. The summed E-state index contributed by atoms with van der Waals surface area (Å²) in [5.74, 6) is -1.08. The Morgan fingerprint density at radius 3 is 2.50 bits per heavy atom. The molecule has 0 atom stereocenters. The average Bonchev–Trinajstić information content (AvgIpc) is 2.47. The van der Waals surface area contributed by atoms with E-state index in [0.717, 1.165) is 0 Å². The molecule has 2 N–H and O–H groups in total. The predicted octanol–water partition coefficient (Wildman–Crippen LogP) is 2.92. The van der Waals surface area contributed by atoms with Crippen molar-refractivity contribution in [3.8, 4) is 0 Å². The molecule has 7 nitrogen and oxygen atoms in total. The van der Waals surface area contributed by atoms with Crippen molar-refractivity contribution in [1.82, 2.24) is 0 Å². The summed E-state index contributed by atoms with van der Waals surface area (Å²) in [6, 6.07) is 11.8. The normalized spacial score (nSPS) is 11.7. The quantitative estimate of drug-likeness (QED) is 0.649. The summed E-state index contributed by atoms with van der Waals surface area (Å²) in [7, 11) is -4.33. The average molecular weight is 320 g/mol. The fraction of sp³-hybridized carbons (Fsp3) is 0.0714. The molecule has 0 aromatic heterocycles. The molecular weight excluding hydrogens is 308 g/mol. The van der Waals surface area contributed by atoms with Crippen molar-refractivity contribution in [2.45, 2.75) is 11.4 Å². The van der Waals surface area contributed by atoms with Crippen LogP contribution in [0.25, 0.3) is 0 Å². The van der Waals surface area contributed by atoms with Crippen LogP contribution in [-0.2, 0) is 16.7 Å². The van der Waals surface area contributed by atoms with Crippen molar-refractivity contribution in [3.05, 3.63) is 59.7 Å². The molecule has 8 heteroatoms. The molecule has 0 aliphatic heterocycles. The van der Waals surface area contributed by atoms with Crippen molar-refractivity contribution < 1.29 is 22.9 Å². The molecule has 0 heterocycles. The van der Waals surface area contributed by atoms with Gasteiger partial charge in [0.05, 0.1) is 22.7 Å². The SMILES string of the molecule is O=C(O)c1cccc(N=NCc2ccccc2S(=O)(=O)O)c1. The van der Waals surface area contributed by atoms with Crippen molar-refractivity contribution in [2.24, 2.45) is 10.2 Å². The van der Waals surface area contributed by atoms with E-state index < -0.39 is 16.1 Å². The Morgan fingerprint density at radius 1 is 1.09 bits per heavy atom. The minimum atomic E-state index is -4.33. The number of benzene rings is 2. The van der Waals surface area contributed by atoms with Gasteiger partial charge in [0.1, 0.15) is 0 Å². The number of azo groups is 1.